The van der Waals surface area contributed by atoms with Crippen molar-refractivity contribution in [3.63, 3.8) is 0 Å². The van der Waals surface area contributed by atoms with E-state index in [0.29, 0.717) is 24.3 Å². The number of carbonyl (C=O) groups excluding carboxylic acids is 1. The quantitative estimate of drug-likeness (QED) is 0.724. The Labute approximate surface area is 122 Å². The van der Waals surface area contributed by atoms with Gasteiger partial charge in [0.2, 0.25) is 0 Å². The molecule has 1 aliphatic rings. The first kappa shape index (κ1) is 16.9. The molecular weight excluding hydrogens is 280 g/mol. The van der Waals surface area contributed by atoms with Gasteiger partial charge in [-0.25, -0.2) is 4.79 Å². The normalized spacial score (nSPS) is 24.0. The molecule has 0 bridgehead atoms. The second kappa shape index (κ2) is 6.11. The second-order valence-electron chi connectivity index (χ2n) is 6.28. The first-order chi connectivity index (χ1) is 9.06. The van der Waals surface area contributed by atoms with Gasteiger partial charge in [-0.2, -0.15) is 0 Å². The van der Waals surface area contributed by atoms with Crippen molar-refractivity contribution in [2.45, 2.75) is 52.1 Å². The SMILES string of the molecule is CC(C)(NC(=O)NC1CCS(=O)CC1)C(C)(C)C(=O)O. The van der Waals surface area contributed by atoms with E-state index in [2.05, 4.69) is 10.6 Å². The van der Waals surface area contributed by atoms with Gasteiger partial charge in [0.1, 0.15) is 0 Å². The lowest BCUT2D eigenvalue weighted by atomic mass is 9.74. The topological polar surface area (TPSA) is 95.5 Å². The average molecular weight is 304 g/mol. The van der Waals surface area contributed by atoms with Crippen LogP contribution in [0.1, 0.15) is 40.5 Å². The van der Waals surface area contributed by atoms with Crippen molar-refractivity contribution >= 4 is 22.8 Å². The first-order valence-electron chi connectivity index (χ1n) is 6.73. The largest absolute Gasteiger partial charge is 0.481 e. The van der Waals surface area contributed by atoms with E-state index in [1.165, 1.54) is 0 Å². The van der Waals surface area contributed by atoms with Crippen LogP contribution in [0, 0.1) is 5.41 Å². The second-order valence-corrected chi connectivity index (χ2v) is 7.97. The Morgan fingerprint density at radius 1 is 1.15 bits per heavy atom. The highest BCUT2D eigenvalue weighted by Gasteiger charge is 2.44. The van der Waals surface area contributed by atoms with Gasteiger partial charge < -0.3 is 15.7 Å². The molecule has 0 aromatic heterocycles. The summed E-state index contributed by atoms with van der Waals surface area (Å²) < 4.78 is 11.2. The fourth-order valence-electron chi connectivity index (χ4n) is 1.87. The Balaban J connectivity index is 2.57. The van der Waals surface area contributed by atoms with Crippen molar-refractivity contribution in [1.29, 1.82) is 0 Å². The Kier molecular flexibility index (Phi) is 5.18. The number of nitrogens with one attached hydrogen (secondary N) is 2. The van der Waals surface area contributed by atoms with Crippen LogP contribution in [0.25, 0.3) is 0 Å². The van der Waals surface area contributed by atoms with Crippen LogP contribution < -0.4 is 10.6 Å². The zero-order valence-corrected chi connectivity index (χ0v) is 13.3. The van der Waals surface area contributed by atoms with Gasteiger partial charge in [-0.15, -0.1) is 0 Å². The van der Waals surface area contributed by atoms with E-state index in [0.717, 1.165) is 0 Å². The van der Waals surface area contributed by atoms with Gasteiger partial charge in [0.25, 0.3) is 0 Å². The Morgan fingerprint density at radius 3 is 2.10 bits per heavy atom. The van der Waals surface area contributed by atoms with Crippen LogP contribution in [0.3, 0.4) is 0 Å². The van der Waals surface area contributed by atoms with Crippen LogP contribution >= 0.6 is 0 Å². The highest BCUT2D eigenvalue weighted by Crippen LogP contribution is 2.30. The number of rotatable bonds is 4. The molecule has 0 unspecified atom stereocenters. The highest BCUT2D eigenvalue weighted by molar-refractivity contribution is 7.85. The summed E-state index contributed by atoms with van der Waals surface area (Å²) in [5, 5.41) is 14.8. The van der Waals surface area contributed by atoms with Crippen LogP contribution in [0.4, 0.5) is 4.79 Å². The summed E-state index contributed by atoms with van der Waals surface area (Å²) >= 11 is 0. The van der Waals surface area contributed by atoms with Gasteiger partial charge in [-0.05, 0) is 40.5 Å². The number of hydrogen-bond acceptors (Lipinski definition) is 3. The van der Waals surface area contributed by atoms with Crippen LogP contribution in [-0.2, 0) is 15.6 Å². The Hall–Kier alpha value is -1.11. The third kappa shape index (κ3) is 3.94. The molecule has 3 N–H and O–H groups in total. The summed E-state index contributed by atoms with van der Waals surface area (Å²) in [7, 11) is -0.764. The van der Waals surface area contributed by atoms with E-state index in [1.807, 2.05) is 0 Å². The third-order valence-corrected chi connectivity index (χ3v) is 5.63. The molecule has 0 aromatic rings. The molecule has 1 rings (SSSR count). The number of amides is 2. The number of urea groups is 1. The minimum absolute atomic E-state index is 0.0106. The standard InChI is InChI=1S/C13H24N2O4S/c1-12(2,10(16)17)13(3,4)15-11(18)14-9-5-7-20(19)8-6-9/h9H,5-8H2,1-4H3,(H,16,17)(H2,14,15,18). The maximum absolute atomic E-state index is 12.0. The molecular formula is C13H24N2O4S. The van der Waals surface area contributed by atoms with E-state index >= 15 is 0 Å². The number of hydrogen-bond donors (Lipinski definition) is 3. The van der Waals surface area contributed by atoms with E-state index in [9.17, 15) is 18.9 Å². The fraction of sp³-hybridized carbons (Fsp3) is 0.846. The molecule has 1 aliphatic heterocycles. The molecule has 6 nitrogen and oxygen atoms in total. The summed E-state index contributed by atoms with van der Waals surface area (Å²) in [5.74, 6) is 0.250. The van der Waals surface area contributed by atoms with Gasteiger partial charge in [-0.1, -0.05) is 0 Å². The molecule has 0 radical (unpaired) electrons. The zero-order valence-electron chi connectivity index (χ0n) is 12.5. The minimum Gasteiger partial charge on any atom is -0.481 e. The van der Waals surface area contributed by atoms with Gasteiger partial charge in [0.05, 0.1) is 11.0 Å². The van der Waals surface area contributed by atoms with Gasteiger partial charge in [-0.3, -0.25) is 9.00 Å². The predicted octanol–water partition coefficient (Wildman–Crippen LogP) is 1.09. The van der Waals surface area contributed by atoms with Crippen molar-refractivity contribution in [2.75, 3.05) is 11.5 Å². The summed E-state index contributed by atoms with van der Waals surface area (Å²) in [6.45, 7) is 6.55. The first-order valence-corrected chi connectivity index (χ1v) is 8.22. The molecule has 7 heteroatoms. The van der Waals surface area contributed by atoms with Crippen LogP contribution in [0.5, 0.6) is 0 Å². The number of carboxylic acid groups (broad SMARTS) is 1. The molecule has 116 valence electrons. The van der Waals surface area contributed by atoms with E-state index in [4.69, 9.17) is 0 Å². The van der Waals surface area contributed by atoms with Crippen molar-refractivity contribution in [3.05, 3.63) is 0 Å². The predicted molar refractivity (Wildman–Crippen MR) is 78.1 cm³/mol. The lowest BCUT2D eigenvalue weighted by molar-refractivity contribution is -0.150. The van der Waals surface area contributed by atoms with E-state index < -0.39 is 27.7 Å². The van der Waals surface area contributed by atoms with Crippen molar-refractivity contribution in [3.8, 4) is 0 Å². The van der Waals surface area contributed by atoms with Gasteiger partial charge in [0, 0.05) is 28.3 Å². The lowest BCUT2D eigenvalue weighted by Gasteiger charge is -2.39. The van der Waals surface area contributed by atoms with Crippen molar-refractivity contribution < 1.29 is 18.9 Å². The molecule has 0 saturated carbocycles. The molecule has 1 heterocycles. The summed E-state index contributed by atoms with van der Waals surface area (Å²) in [6, 6.07) is -0.363. The smallest absolute Gasteiger partial charge is 0.315 e. The molecule has 0 aromatic carbocycles. The summed E-state index contributed by atoms with van der Waals surface area (Å²) in [5.41, 5.74) is -1.97. The molecule has 0 aliphatic carbocycles. The number of aliphatic carboxylic acids is 1. The molecule has 1 fully saturated rings. The van der Waals surface area contributed by atoms with Crippen molar-refractivity contribution in [1.82, 2.24) is 10.6 Å². The van der Waals surface area contributed by atoms with Crippen molar-refractivity contribution in [2.24, 2.45) is 5.41 Å². The summed E-state index contributed by atoms with van der Waals surface area (Å²) in [6.07, 6.45) is 1.39. The van der Waals surface area contributed by atoms with Crippen LogP contribution in [0.15, 0.2) is 0 Å². The third-order valence-electron chi connectivity index (χ3n) is 4.25. The Bertz CT molecular complexity index is 411. The van der Waals surface area contributed by atoms with Gasteiger partial charge >= 0.3 is 12.0 Å². The highest BCUT2D eigenvalue weighted by atomic mass is 32.2. The van der Waals surface area contributed by atoms with Crippen LogP contribution in [0.2, 0.25) is 0 Å². The average Bonchev–Trinajstić information content (AvgIpc) is 2.31. The maximum atomic E-state index is 12.0. The molecule has 1 saturated heterocycles. The molecule has 20 heavy (non-hydrogen) atoms. The van der Waals surface area contributed by atoms with E-state index in [1.54, 1.807) is 27.7 Å². The maximum Gasteiger partial charge on any atom is 0.315 e. The fourth-order valence-corrected chi connectivity index (χ4v) is 3.17. The Morgan fingerprint density at radius 2 is 1.65 bits per heavy atom. The molecule has 0 spiro atoms. The monoisotopic (exact) mass is 304 g/mol. The lowest BCUT2D eigenvalue weighted by Crippen LogP contribution is -2.60. The van der Waals surface area contributed by atoms with Gasteiger partial charge in [0.15, 0.2) is 0 Å². The zero-order chi connectivity index (χ0) is 15.6. The number of carbonyl (C=O) groups is 2. The minimum atomic E-state index is -1.08. The van der Waals surface area contributed by atoms with E-state index in [-0.39, 0.29) is 12.1 Å². The molecule has 2 amide bonds. The molecule has 0 atom stereocenters. The van der Waals surface area contributed by atoms with Crippen LogP contribution in [-0.4, -0.2) is 44.4 Å². The summed E-state index contributed by atoms with van der Waals surface area (Å²) in [4.78, 5) is 23.3. The number of carboxylic acids is 1.